The second kappa shape index (κ2) is 8.19. The molecule has 1 amide bonds. The lowest BCUT2D eigenvalue weighted by atomic mass is 10.2. The number of aryl methyl sites for hydroxylation is 2. The molecule has 0 radical (unpaired) electrons. The summed E-state index contributed by atoms with van der Waals surface area (Å²) in [7, 11) is 1.81. The van der Waals surface area contributed by atoms with Gasteiger partial charge >= 0.3 is 0 Å². The molecule has 0 spiro atoms. The molecular weight excluding hydrogens is 314 g/mol. The Morgan fingerprint density at radius 1 is 1.27 bits per heavy atom. The lowest BCUT2D eigenvalue weighted by Crippen LogP contribution is -2.26. The van der Waals surface area contributed by atoms with Crippen LogP contribution in [0.5, 0.6) is 0 Å². The summed E-state index contributed by atoms with van der Waals surface area (Å²) in [5, 5.41) is 6.80. The molecule has 0 aliphatic rings. The molecular formula is C16H21N3OS2. The number of hydrogen-bond donors (Lipinski definition) is 2. The molecule has 0 saturated heterocycles. The minimum Gasteiger partial charge on any atom is -0.378 e. The predicted octanol–water partition coefficient (Wildman–Crippen LogP) is 3.46. The van der Waals surface area contributed by atoms with Crippen molar-refractivity contribution in [2.24, 2.45) is 0 Å². The van der Waals surface area contributed by atoms with Crippen LogP contribution in [0.2, 0.25) is 0 Å². The molecule has 0 unspecified atom stereocenters. The maximum atomic E-state index is 12.2. The monoisotopic (exact) mass is 335 g/mol. The number of anilines is 1. The SMILES string of the molecule is CNc1snc(C)c1C(=O)NCCSCc1ccc(C)cc1. The standard InChI is InChI=1S/C16H21N3OS2/c1-11-4-6-13(7-5-11)10-21-9-8-18-15(20)14-12(2)19-22-16(14)17-3/h4-7,17H,8-10H2,1-3H3,(H,18,20). The fourth-order valence-corrected chi connectivity index (χ4v) is 3.57. The van der Waals surface area contributed by atoms with Crippen molar-refractivity contribution in [2.45, 2.75) is 19.6 Å². The van der Waals surface area contributed by atoms with Gasteiger partial charge in [-0.25, -0.2) is 0 Å². The van der Waals surface area contributed by atoms with Crippen molar-refractivity contribution in [1.29, 1.82) is 0 Å². The minimum absolute atomic E-state index is 0.0495. The van der Waals surface area contributed by atoms with Gasteiger partial charge in [0.05, 0.1) is 11.3 Å². The van der Waals surface area contributed by atoms with Crippen LogP contribution in [0.3, 0.4) is 0 Å². The number of aromatic nitrogens is 1. The molecule has 2 aromatic rings. The van der Waals surface area contributed by atoms with Crippen LogP contribution in [-0.4, -0.2) is 29.6 Å². The number of amides is 1. The Morgan fingerprint density at radius 3 is 2.68 bits per heavy atom. The van der Waals surface area contributed by atoms with Crippen LogP contribution in [0, 0.1) is 13.8 Å². The van der Waals surface area contributed by atoms with E-state index in [1.54, 1.807) is 7.05 Å². The van der Waals surface area contributed by atoms with Gasteiger partial charge in [-0.3, -0.25) is 4.79 Å². The van der Waals surface area contributed by atoms with Gasteiger partial charge in [-0.2, -0.15) is 16.1 Å². The van der Waals surface area contributed by atoms with Gasteiger partial charge in [0.1, 0.15) is 5.00 Å². The fourth-order valence-electron chi connectivity index (χ4n) is 2.01. The van der Waals surface area contributed by atoms with Crippen molar-refractivity contribution in [3.8, 4) is 0 Å². The van der Waals surface area contributed by atoms with Crippen LogP contribution >= 0.6 is 23.3 Å². The first-order valence-electron chi connectivity index (χ1n) is 7.17. The van der Waals surface area contributed by atoms with E-state index in [1.165, 1.54) is 22.7 Å². The first kappa shape index (κ1) is 16.8. The predicted molar refractivity (Wildman–Crippen MR) is 96.1 cm³/mol. The van der Waals surface area contributed by atoms with Crippen molar-refractivity contribution in [2.75, 3.05) is 24.7 Å². The quantitative estimate of drug-likeness (QED) is 0.761. The summed E-state index contributed by atoms with van der Waals surface area (Å²) in [4.78, 5) is 12.2. The molecule has 4 nitrogen and oxygen atoms in total. The molecule has 118 valence electrons. The second-order valence-electron chi connectivity index (χ2n) is 5.02. The third kappa shape index (κ3) is 4.48. The Labute approximate surface area is 139 Å². The molecule has 0 bridgehead atoms. The summed E-state index contributed by atoms with van der Waals surface area (Å²) in [6, 6.07) is 8.56. The molecule has 0 saturated carbocycles. The molecule has 2 rings (SSSR count). The molecule has 0 fully saturated rings. The number of thioether (sulfide) groups is 1. The van der Waals surface area contributed by atoms with Crippen LogP contribution in [-0.2, 0) is 5.75 Å². The molecule has 6 heteroatoms. The number of nitrogens with zero attached hydrogens (tertiary/aromatic N) is 1. The van der Waals surface area contributed by atoms with Gasteiger partial charge < -0.3 is 10.6 Å². The Morgan fingerprint density at radius 2 is 2.00 bits per heavy atom. The van der Waals surface area contributed by atoms with Gasteiger partial charge in [0.2, 0.25) is 0 Å². The highest BCUT2D eigenvalue weighted by Gasteiger charge is 2.16. The molecule has 0 aliphatic carbocycles. The maximum absolute atomic E-state index is 12.2. The Hall–Kier alpha value is -1.53. The second-order valence-corrected chi connectivity index (χ2v) is 6.89. The van der Waals surface area contributed by atoms with Crippen LogP contribution in [0.15, 0.2) is 24.3 Å². The summed E-state index contributed by atoms with van der Waals surface area (Å²) in [5.41, 5.74) is 4.04. The van der Waals surface area contributed by atoms with E-state index in [-0.39, 0.29) is 5.91 Å². The summed E-state index contributed by atoms with van der Waals surface area (Å²) >= 11 is 3.14. The zero-order valence-electron chi connectivity index (χ0n) is 13.1. The van der Waals surface area contributed by atoms with Crippen molar-refractivity contribution < 1.29 is 4.79 Å². The number of rotatable bonds is 7. The van der Waals surface area contributed by atoms with Crippen LogP contribution in [0.1, 0.15) is 27.2 Å². The van der Waals surface area contributed by atoms with Gasteiger partial charge in [0.15, 0.2) is 0 Å². The van der Waals surface area contributed by atoms with E-state index in [2.05, 4.69) is 46.2 Å². The molecule has 1 aromatic heterocycles. The first-order chi connectivity index (χ1) is 10.6. The van der Waals surface area contributed by atoms with E-state index >= 15 is 0 Å². The summed E-state index contributed by atoms with van der Waals surface area (Å²) in [5.74, 6) is 1.81. The highest BCUT2D eigenvalue weighted by atomic mass is 32.2. The fraction of sp³-hybridized carbons (Fsp3) is 0.375. The Bertz CT molecular complexity index is 623. The lowest BCUT2D eigenvalue weighted by Gasteiger charge is -2.07. The summed E-state index contributed by atoms with van der Waals surface area (Å²) in [6.45, 7) is 4.61. The third-order valence-corrected chi connectivity index (χ3v) is 5.22. The number of carbonyl (C=O) groups is 1. The van der Waals surface area contributed by atoms with Gasteiger partial charge in [-0.1, -0.05) is 29.8 Å². The highest BCUT2D eigenvalue weighted by molar-refractivity contribution is 7.98. The van der Waals surface area contributed by atoms with E-state index in [9.17, 15) is 4.79 Å². The van der Waals surface area contributed by atoms with Crippen molar-refractivity contribution in [3.63, 3.8) is 0 Å². The number of carbonyl (C=O) groups excluding carboxylic acids is 1. The van der Waals surface area contributed by atoms with Gasteiger partial charge in [-0.15, -0.1) is 0 Å². The minimum atomic E-state index is -0.0495. The largest absolute Gasteiger partial charge is 0.378 e. The zero-order chi connectivity index (χ0) is 15.9. The normalized spacial score (nSPS) is 10.5. The van der Waals surface area contributed by atoms with Crippen LogP contribution in [0.25, 0.3) is 0 Å². The summed E-state index contributed by atoms with van der Waals surface area (Å²) < 4.78 is 4.21. The van der Waals surface area contributed by atoms with Gasteiger partial charge in [0.25, 0.3) is 5.91 Å². The van der Waals surface area contributed by atoms with Crippen LogP contribution in [0.4, 0.5) is 5.00 Å². The molecule has 0 atom stereocenters. The van der Waals surface area contributed by atoms with Crippen molar-refractivity contribution in [1.82, 2.24) is 9.69 Å². The molecule has 2 N–H and O–H groups in total. The molecule has 1 heterocycles. The van der Waals surface area contributed by atoms with E-state index in [0.29, 0.717) is 12.1 Å². The van der Waals surface area contributed by atoms with Gasteiger partial charge in [-0.05, 0) is 30.9 Å². The number of nitrogens with one attached hydrogen (secondary N) is 2. The average molecular weight is 335 g/mol. The topological polar surface area (TPSA) is 54.0 Å². The van der Waals surface area contributed by atoms with Crippen molar-refractivity contribution in [3.05, 3.63) is 46.6 Å². The molecule has 22 heavy (non-hydrogen) atoms. The average Bonchev–Trinajstić information content (AvgIpc) is 2.89. The van der Waals surface area contributed by atoms with Crippen LogP contribution < -0.4 is 10.6 Å². The Balaban J connectivity index is 1.73. The first-order valence-corrected chi connectivity index (χ1v) is 9.10. The number of hydrogen-bond acceptors (Lipinski definition) is 5. The lowest BCUT2D eigenvalue weighted by molar-refractivity contribution is 0.0956. The zero-order valence-corrected chi connectivity index (χ0v) is 14.7. The molecule has 0 aliphatic heterocycles. The van der Waals surface area contributed by atoms with E-state index in [4.69, 9.17) is 0 Å². The molecule has 1 aromatic carbocycles. The third-order valence-electron chi connectivity index (χ3n) is 3.24. The van der Waals surface area contributed by atoms with Crippen molar-refractivity contribution >= 4 is 34.2 Å². The van der Waals surface area contributed by atoms with E-state index < -0.39 is 0 Å². The highest BCUT2D eigenvalue weighted by Crippen LogP contribution is 2.23. The van der Waals surface area contributed by atoms with E-state index in [0.717, 1.165) is 22.2 Å². The summed E-state index contributed by atoms with van der Waals surface area (Å²) in [6.07, 6.45) is 0. The van der Waals surface area contributed by atoms with E-state index in [1.807, 2.05) is 18.7 Å². The maximum Gasteiger partial charge on any atom is 0.256 e. The number of benzene rings is 1. The Kier molecular flexibility index (Phi) is 6.27. The smallest absolute Gasteiger partial charge is 0.256 e. The van der Waals surface area contributed by atoms with Gasteiger partial charge in [0, 0.05) is 25.1 Å².